The molecule has 0 saturated heterocycles. The van der Waals surface area contributed by atoms with E-state index in [1.807, 2.05) is 67.7 Å². The smallest absolute Gasteiger partial charge is 0.321 e. The fourth-order valence-electron chi connectivity index (χ4n) is 4.81. The summed E-state index contributed by atoms with van der Waals surface area (Å²) in [6.07, 6.45) is 4.25. The van der Waals surface area contributed by atoms with Gasteiger partial charge in [-0.3, -0.25) is 9.69 Å². The highest BCUT2D eigenvalue weighted by Gasteiger charge is 2.20. The highest BCUT2D eigenvalue weighted by atomic mass is 16.5. The minimum Gasteiger partial charge on any atom is -0.493 e. The molecule has 0 aliphatic rings. The Bertz CT molecular complexity index is 1450. The first kappa shape index (κ1) is 28.7. The van der Waals surface area contributed by atoms with E-state index in [0.717, 1.165) is 46.1 Å². The lowest BCUT2D eigenvalue weighted by atomic mass is 10.0. The number of fused-ring (bicyclic) bond motifs is 1. The van der Waals surface area contributed by atoms with E-state index in [1.165, 1.54) is 0 Å². The van der Waals surface area contributed by atoms with Gasteiger partial charge >= 0.3 is 6.03 Å². The van der Waals surface area contributed by atoms with Crippen molar-refractivity contribution in [3.8, 4) is 16.9 Å². The van der Waals surface area contributed by atoms with E-state index in [-0.39, 0.29) is 18.5 Å². The van der Waals surface area contributed by atoms with Crippen LogP contribution in [-0.2, 0) is 6.42 Å². The van der Waals surface area contributed by atoms with Crippen LogP contribution in [0.1, 0.15) is 42.6 Å². The first-order valence-electron chi connectivity index (χ1n) is 13.8. The third-order valence-electron chi connectivity index (χ3n) is 6.91. The van der Waals surface area contributed by atoms with Crippen molar-refractivity contribution >= 4 is 28.5 Å². The zero-order valence-electron chi connectivity index (χ0n) is 23.4. The van der Waals surface area contributed by atoms with Gasteiger partial charge in [-0.15, -0.1) is 0 Å². The Morgan fingerprint density at radius 1 is 1.02 bits per heavy atom. The molecule has 8 heteroatoms. The molecular weight excluding hydrogens is 504 g/mol. The van der Waals surface area contributed by atoms with Crippen LogP contribution < -0.4 is 20.3 Å². The van der Waals surface area contributed by atoms with Gasteiger partial charge < -0.3 is 25.5 Å². The van der Waals surface area contributed by atoms with Crippen molar-refractivity contribution in [1.29, 1.82) is 0 Å². The minimum absolute atomic E-state index is 0.164. The number of benzene rings is 3. The number of anilines is 1. The zero-order chi connectivity index (χ0) is 28.5. The van der Waals surface area contributed by atoms with Crippen LogP contribution >= 0.6 is 0 Å². The molecule has 1 heterocycles. The van der Waals surface area contributed by atoms with Crippen molar-refractivity contribution in [2.24, 2.45) is 0 Å². The standard InChI is InChI=1S/C32H38N4O4/c1-4-6-16-36(32(39)33-3)26-11-9-10-22(18-26)23-14-15-30(40-5-2)28(19-23)31(38)35-25(21-37)17-24-20-34-29-13-8-7-12-27(24)29/h7-15,18-20,25,34,37H,4-6,16-17,21H2,1-3H3,(H,33,39)(H,35,38)/t25-/m1/s1. The molecule has 0 bridgehead atoms. The number of nitrogens with one attached hydrogen (secondary N) is 3. The number of rotatable bonds is 12. The molecule has 0 fully saturated rings. The Balaban J connectivity index is 1.60. The number of H-pyrrole nitrogens is 1. The fraction of sp³-hybridized carbons (Fsp3) is 0.312. The quantitative estimate of drug-likeness (QED) is 0.189. The largest absolute Gasteiger partial charge is 0.493 e. The molecular formula is C32H38N4O4. The van der Waals surface area contributed by atoms with Crippen molar-refractivity contribution in [2.75, 3.05) is 31.7 Å². The van der Waals surface area contributed by atoms with Crippen LogP contribution in [0.4, 0.5) is 10.5 Å². The molecule has 0 aliphatic carbocycles. The van der Waals surface area contributed by atoms with E-state index < -0.39 is 6.04 Å². The number of aromatic nitrogens is 1. The third kappa shape index (κ3) is 6.63. The minimum atomic E-state index is -0.479. The highest BCUT2D eigenvalue weighted by molar-refractivity contribution is 5.99. The summed E-state index contributed by atoms with van der Waals surface area (Å²) >= 11 is 0. The Kier molecular flexibility index (Phi) is 9.81. The van der Waals surface area contributed by atoms with Crippen LogP contribution in [0.2, 0.25) is 0 Å². The summed E-state index contributed by atoms with van der Waals surface area (Å²) in [6.45, 7) is 4.77. The number of para-hydroxylation sites is 1. The molecule has 40 heavy (non-hydrogen) atoms. The van der Waals surface area contributed by atoms with Gasteiger partial charge in [0.25, 0.3) is 5.91 Å². The second-order valence-electron chi connectivity index (χ2n) is 9.67. The first-order chi connectivity index (χ1) is 19.5. The molecule has 0 saturated carbocycles. The van der Waals surface area contributed by atoms with E-state index in [0.29, 0.717) is 30.9 Å². The molecule has 1 atom stereocenters. The number of hydrogen-bond donors (Lipinski definition) is 4. The van der Waals surface area contributed by atoms with E-state index >= 15 is 0 Å². The number of unbranched alkanes of at least 4 members (excludes halogenated alkanes) is 1. The van der Waals surface area contributed by atoms with Gasteiger partial charge in [0, 0.05) is 36.4 Å². The van der Waals surface area contributed by atoms with Gasteiger partial charge in [-0.2, -0.15) is 0 Å². The van der Waals surface area contributed by atoms with E-state index in [1.54, 1.807) is 24.1 Å². The number of carbonyl (C=O) groups is 2. The lowest BCUT2D eigenvalue weighted by Crippen LogP contribution is -2.39. The lowest BCUT2D eigenvalue weighted by Gasteiger charge is -2.23. The maximum Gasteiger partial charge on any atom is 0.321 e. The summed E-state index contributed by atoms with van der Waals surface area (Å²) in [6, 6.07) is 20.5. The van der Waals surface area contributed by atoms with Crippen LogP contribution in [-0.4, -0.2) is 54.9 Å². The summed E-state index contributed by atoms with van der Waals surface area (Å²) in [5.74, 6) is 0.147. The number of hydrogen-bond acceptors (Lipinski definition) is 4. The number of aromatic amines is 1. The second kappa shape index (κ2) is 13.7. The van der Waals surface area contributed by atoms with Crippen LogP contribution in [0, 0.1) is 0 Å². The summed E-state index contributed by atoms with van der Waals surface area (Å²) in [7, 11) is 1.63. The summed E-state index contributed by atoms with van der Waals surface area (Å²) in [5, 5.41) is 16.9. The van der Waals surface area contributed by atoms with E-state index in [9.17, 15) is 14.7 Å². The molecule has 0 aliphatic heterocycles. The molecule has 0 unspecified atom stereocenters. The molecule has 8 nitrogen and oxygen atoms in total. The Hall–Kier alpha value is -4.30. The van der Waals surface area contributed by atoms with Gasteiger partial charge in [-0.05, 0) is 66.8 Å². The first-order valence-corrected chi connectivity index (χ1v) is 13.8. The van der Waals surface area contributed by atoms with Crippen molar-refractivity contribution in [2.45, 2.75) is 39.2 Å². The fourth-order valence-corrected chi connectivity index (χ4v) is 4.81. The van der Waals surface area contributed by atoms with Crippen LogP contribution in [0.5, 0.6) is 5.75 Å². The van der Waals surface area contributed by atoms with Crippen LogP contribution in [0.15, 0.2) is 72.9 Å². The van der Waals surface area contributed by atoms with Gasteiger partial charge in [-0.1, -0.05) is 49.7 Å². The molecule has 3 aromatic carbocycles. The predicted octanol–water partition coefficient (Wildman–Crippen LogP) is 5.51. The molecule has 3 amide bonds. The van der Waals surface area contributed by atoms with Crippen LogP contribution in [0.25, 0.3) is 22.0 Å². The monoisotopic (exact) mass is 542 g/mol. The molecule has 0 radical (unpaired) electrons. The average Bonchev–Trinajstić information content (AvgIpc) is 3.39. The third-order valence-corrected chi connectivity index (χ3v) is 6.91. The molecule has 4 rings (SSSR count). The highest BCUT2D eigenvalue weighted by Crippen LogP contribution is 2.30. The van der Waals surface area contributed by atoms with E-state index in [4.69, 9.17) is 4.74 Å². The zero-order valence-corrected chi connectivity index (χ0v) is 23.4. The number of nitrogens with zero attached hydrogens (tertiary/aromatic N) is 1. The van der Waals surface area contributed by atoms with Crippen molar-refractivity contribution in [3.05, 3.63) is 84.1 Å². The van der Waals surface area contributed by atoms with Crippen LogP contribution in [0.3, 0.4) is 0 Å². The normalized spacial score (nSPS) is 11.7. The molecule has 4 aromatic rings. The van der Waals surface area contributed by atoms with Crippen molar-refractivity contribution < 1.29 is 19.4 Å². The summed E-state index contributed by atoms with van der Waals surface area (Å²) in [5.41, 5.74) is 4.89. The molecule has 1 aromatic heterocycles. The van der Waals surface area contributed by atoms with Gasteiger partial charge in [0.15, 0.2) is 0 Å². The number of aliphatic hydroxyl groups is 1. The Labute approximate surface area is 235 Å². The second-order valence-corrected chi connectivity index (χ2v) is 9.67. The topological polar surface area (TPSA) is 107 Å². The number of ether oxygens (including phenoxy) is 1. The molecule has 0 spiro atoms. The Morgan fingerprint density at radius 3 is 2.58 bits per heavy atom. The van der Waals surface area contributed by atoms with Gasteiger partial charge in [-0.25, -0.2) is 4.79 Å². The number of urea groups is 1. The van der Waals surface area contributed by atoms with Crippen molar-refractivity contribution in [3.63, 3.8) is 0 Å². The van der Waals surface area contributed by atoms with E-state index in [2.05, 4.69) is 22.5 Å². The number of carbonyl (C=O) groups excluding carboxylic acids is 2. The summed E-state index contributed by atoms with van der Waals surface area (Å²) in [4.78, 5) is 31.1. The average molecular weight is 543 g/mol. The van der Waals surface area contributed by atoms with Crippen molar-refractivity contribution in [1.82, 2.24) is 15.6 Å². The van der Waals surface area contributed by atoms with Gasteiger partial charge in [0.05, 0.1) is 24.8 Å². The maximum absolute atomic E-state index is 13.5. The predicted molar refractivity (Wildman–Crippen MR) is 160 cm³/mol. The lowest BCUT2D eigenvalue weighted by molar-refractivity contribution is 0.0912. The number of aliphatic hydroxyl groups excluding tert-OH is 1. The maximum atomic E-state index is 13.5. The SMILES string of the molecule is CCCCN(C(=O)NC)c1cccc(-c2ccc(OCC)c(C(=O)N[C@@H](CO)Cc3c[nH]c4ccccc34)c2)c1. The summed E-state index contributed by atoms with van der Waals surface area (Å²) < 4.78 is 5.79. The van der Waals surface area contributed by atoms with Gasteiger partial charge in [0.1, 0.15) is 5.75 Å². The van der Waals surface area contributed by atoms with Gasteiger partial charge in [0.2, 0.25) is 0 Å². The Morgan fingerprint density at radius 2 is 1.82 bits per heavy atom. The molecule has 4 N–H and O–H groups in total. The number of amides is 3. The molecule has 210 valence electrons.